The molecule has 0 amide bonds. The Morgan fingerprint density at radius 2 is 2.23 bits per heavy atom. The van der Waals surface area contributed by atoms with Crippen LogP contribution in [0, 0.1) is 0 Å². The van der Waals surface area contributed by atoms with Gasteiger partial charge in [-0.15, -0.1) is 0 Å². The van der Waals surface area contributed by atoms with Gasteiger partial charge in [0.1, 0.15) is 11.6 Å². The van der Waals surface area contributed by atoms with E-state index < -0.39 is 0 Å². The second kappa shape index (κ2) is 8.53. The van der Waals surface area contributed by atoms with E-state index in [1.807, 2.05) is 42.6 Å². The lowest BCUT2D eigenvalue weighted by Crippen LogP contribution is -2.41. The van der Waals surface area contributed by atoms with Crippen LogP contribution in [0.4, 0.5) is 11.5 Å². The number of morpholine rings is 1. The smallest absolute Gasteiger partial charge is 0.193 e. The zero-order valence-electron chi connectivity index (χ0n) is 15.2. The van der Waals surface area contributed by atoms with E-state index in [-0.39, 0.29) is 6.10 Å². The number of nitrogens with zero attached hydrogens (tertiary/aromatic N) is 3. The lowest BCUT2D eigenvalue weighted by Gasteiger charge is -2.32. The molecular formula is C19H25N5O2. The van der Waals surface area contributed by atoms with Gasteiger partial charge in [-0.05, 0) is 30.7 Å². The molecule has 1 unspecified atom stereocenters. The van der Waals surface area contributed by atoms with Gasteiger partial charge in [0, 0.05) is 19.3 Å². The van der Waals surface area contributed by atoms with Gasteiger partial charge in [-0.2, -0.15) is 0 Å². The summed E-state index contributed by atoms with van der Waals surface area (Å²) in [6.07, 6.45) is 2.07. The van der Waals surface area contributed by atoms with E-state index in [1.54, 1.807) is 7.11 Å². The molecule has 0 bridgehead atoms. The Bertz CT molecular complexity index is 748. The third-order valence-electron chi connectivity index (χ3n) is 4.18. The number of rotatable bonds is 5. The number of ether oxygens (including phenoxy) is 2. The van der Waals surface area contributed by atoms with Crippen LogP contribution in [0.2, 0.25) is 0 Å². The van der Waals surface area contributed by atoms with Crippen molar-refractivity contribution in [2.45, 2.75) is 19.6 Å². The lowest BCUT2D eigenvalue weighted by molar-refractivity contribution is 0.0529. The number of nitrogens with two attached hydrogens (primary N) is 1. The summed E-state index contributed by atoms with van der Waals surface area (Å²) in [6, 6.07) is 11.6. The van der Waals surface area contributed by atoms with Gasteiger partial charge in [-0.3, -0.25) is 0 Å². The fourth-order valence-corrected chi connectivity index (χ4v) is 2.83. The first-order chi connectivity index (χ1) is 12.7. The van der Waals surface area contributed by atoms with Crippen LogP contribution >= 0.6 is 0 Å². The predicted molar refractivity (Wildman–Crippen MR) is 104 cm³/mol. The molecule has 0 saturated carbocycles. The molecule has 2 heterocycles. The van der Waals surface area contributed by atoms with Gasteiger partial charge >= 0.3 is 0 Å². The van der Waals surface area contributed by atoms with Gasteiger partial charge in [0.25, 0.3) is 0 Å². The van der Waals surface area contributed by atoms with Crippen LogP contribution in [-0.4, -0.2) is 43.9 Å². The molecule has 0 spiro atoms. The summed E-state index contributed by atoms with van der Waals surface area (Å²) >= 11 is 0. The van der Waals surface area contributed by atoms with Crippen LogP contribution in [-0.2, 0) is 11.3 Å². The molecule has 138 valence electrons. The lowest BCUT2D eigenvalue weighted by atomic mass is 10.2. The summed E-state index contributed by atoms with van der Waals surface area (Å²) < 4.78 is 10.9. The molecule has 3 rings (SSSR count). The van der Waals surface area contributed by atoms with Crippen LogP contribution < -0.4 is 20.7 Å². The molecule has 1 aromatic heterocycles. The summed E-state index contributed by atoms with van der Waals surface area (Å²) in [6.45, 7) is 5.00. The number of guanidine groups is 1. The maximum atomic E-state index is 5.98. The maximum absolute atomic E-state index is 5.98. The highest BCUT2D eigenvalue weighted by atomic mass is 16.5. The van der Waals surface area contributed by atoms with Gasteiger partial charge in [-0.25, -0.2) is 9.98 Å². The Morgan fingerprint density at radius 1 is 1.38 bits per heavy atom. The fourth-order valence-electron chi connectivity index (χ4n) is 2.83. The molecule has 26 heavy (non-hydrogen) atoms. The van der Waals surface area contributed by atoms with Crippen molar-refractivity contribution >= 4 is 17.5 Å². The van der Waals surface area contributed by atoms with E-state index in [1.165, 1.54) is 0 Å². The van der Waals surface area contributed by atoms with Crippen molar-refractivity contribution in [3.8, 4) is 5.75 Å². The zero-order chi connectivity index (χ0) is 18.4. The van der Waals surface area contributed by atoms with E-state index in [2.05, 4.69) is 27.1 Å². The number of hydrogen-bond acceptors (Lipinski definition) is 5. The first kappa shape index (κ1) is 18.0. The highest BCUT2D eigenvalue weighted by Crippen LogP contribution is 2.22. The van der Waals surface area contributed by atoms with E-state index in [0.717, 1.165) is 42.5 Å². The zero-order valence-corrected chi connectivity index (χ0v) is 15.2. The molecule has 2 aromatic rings. The Morgan fingerprint density at radius 3 is 2.96 bits per heavy atom. The molecule has 1 aliphatic heterocycles. The quantitative estimate of drug-likeness (QED) is 0.632. The Labute approximate surface area is 153 Å². The Balaban J connectivity index is 1.59. The topological polar surface area (TPSA) is 85.0 Å². The first-order valence-corrected chi connectivity index (χ1v) is 8.67. The maximum Gasteiger partial charge on any atom is 0.193 e. The van der Waals surface area contributed by atoms with Crippen molar-refractivity contribution in [1.82, 2.24) is 4.98 Å². The average Bonchev–Trinajstić information content (AvgIpc) is 2.67. The van der Waals surface area contributed by atoms with Crippen molar-refractivity contribution in [2.24, 2.45) is 10.7 Å². The number of methoxy groups -OCH3 is 1. The standard InChI is InChI=1S/C19H25N5O2/c1-14-13-24(9-10-26-14)18-8-7-15(11-21-18)12-22-19(20)23-16-5-3-4-6-17(16)25-2/h3-8,11,14H,9-10,12-13H2,1-2H3,(H3,20,22,23). The highest BCUT2D eigenvalue weighted by Gasteiger charge is 2.17. The van der Waals surface area contributed by atoms with Crippen molar-refractivity contribution in [3.63, 3.8) is 0 Å². The minimum absolute atomic E-state index is 0.232. The van der Waals surface area contributed by atoms with Crippen LogP contribution in [0.25, 0.3) is 0 Å². The molecule has 1 aliphatic rings. The van der Waals surface area contributed by atoms with Crippen LogP contribution in [0.5, 0.6) is 5.75 Å². The molecule has 0 radical (unpaired) electrons. The van der Waals surface area contributed by atoms with Crippen LogP contribution in [0.15, 0.2) is 47.6 Å². The van der Waals surface area contributed by atoms with Crippen molar-refractivity contribution in [2.75, 3.05) is 37.0 Å². The van der Waals surface area contributed by atoms with Crippen LogP contribution in [0.3, 0.4) is 0 Å². The van der Waals surface area contributed by atoms with Crippen LogP contribution in [0.1, 0.15) is 12.5 Å². The molecule has 3 N–H and O–H groups in total. The number of anilines is 2. The van der Waals surface area contributed by atoms with E-state index in [4.69, 9.17) is 15.2 Å². The third kappa shape index (κ3) is 4.64. The summed E-state index contributed by atoms with van der Waals surface area (Å²) in [4.78, 5) is 11.2. The summed E-state index contributed by atoms with van der Waals surface area (Å²) in [5.74, 6) is 2.02. The second-order valence-corrected chi connectivity index (χ2v) is 6.18. The number of nitrogens with one attached hydrogen (secondary N) is 1. The van der Waals surface area contributed by atoms with E-state index in [0.29, 0.717) is 12.5 Å². The molecular weight excluding hydrogens is 330 g/mol. The fraction of sp³-hybridized carbons (Fsp3) is 0.368. The minimum Gasteiger partial charge on any atom is -0.495 e. The van der Waals surface area contributed by atoms with Crippen molar-refractivity contribution < 1.29 is 9.47 Å². The molecule has 1 fully saturated rings. The monoisotopic (exact) mass is 355 g/mol. The Kier molecular flexibility index (Phi) is 5.91. The third-order valence-corrected chi connectivity index (χ3v) is 4.18. The second-order valence-electron chi connectivity index (χ2n) is 6.18. The highest BCUT2D eigenvalue weighted by molar-refractivity contribution is 5.93. The van der Waals surface area contributed by atoms with E-state index >= 15 is 0 Å². The number of benzene rings is 1. The number of aromatic nitrogens is 1. The van der Waals surface area contributed by atoms with Crippen molar-refractivity contribution in [3.05, 3.63) is 48.2 Å². The van der Waals surface area contributed by atoms with Gasteiger partial charge in [0.05, 0.1) is 32.1 Å². The summed E-state index contributed by atoms with van der Waals surface area (Å²) in [5.41, 5.74) is 7.76. The summed E-state index contributed by atoms with van der Waals surface area (Å²) in [5, 5.41) is 3.06. The average molecular weight is 355 g/mol. The summed E-state index contributed by atoms with van der Waals surface area (Å²) in [7, 11) is 1.62. The largest absolute Gasteiger partial charge is 0.495 e. The number of para-hydroxylation sites is 2. The van der Waals surface area contributed by atoms with Gasteiger partial charge in [0.2, 0.25) is 0 Å². The van der Waals surface area contributed by atoms with Crippen molar-refractivity contribution in [1.29, 1.82) is 0 Å². The molecule has 1 atom stereocenters. The van der Waals surface area contributed by atoms with E-state index in [9.17, 15) is 0 Å². The number of hydrogen-bond donors (Lipinski definition) is 2. The van der Waals surface area contributed by atoms with Gasteiger partial charge in [0.15, 0.2) is 5.96 Å². The Hall–Kier alpha value is -2.80. The molecule has 1 aromatic carbocycles. The first-order valence-electron chi connectivity index (χ1n) is 8.67. The predicted octanol–water partition coefficient (Wildman–Crippen LogP) is 2.24. The number of aliphatic imine (C=N–C) groups is 1. The molecule has 1 saturated heterocycles. The molecule has 0 aliphatic carbocycles. The SMILES string of the molecule is COc1ccccc1NC(N)=NCc1ccc(N2CCOC(C)C2)nc1. The number of pyridine rings is 1. The minimum atomic E-state index is 0.232. The van der Waals surface area contributed by atoms with Gasteiger partial charge < -0.3 is 25.4 Å². The molecule has 7 heteroatoms. The normalized spacial score (nSPS) is 17.8. The van der Waals surface area contributed by atoms with Gasteiger partial charge in [-0.1, -0.05) is 18.2 Å². The molecule has 7 nitrogen and oxygen atoms in total.